The molecule has 104 valence electrons. The molecule has 4 nitrogen and oxygen atoms in total. The quantitative estimate of drug-likeness (QED) is 0.786. The van der Waals surface area contributed by atoms with Gasteiger partial charge in [0.05, 0.1) is 6.61 Å². The Hall–Kier alpha value is -1.43. The van der Waals surface area contributed by atoms with Crippen molar-refractivity contribution in [1.29, 1.82) is 0 Å². The molecule has 1 aromatic heterocycles. The zero-order valence-electron chi connectivity index (χ0n) is 11.1. The minimum atomic E-state index is -1.15. The summed E-state index contributed by atoms with van der Waals surface area (Å²) in [5.74, 6) is 0.0933. The maximum absolute atomic E-state index is 13.1. The molecule has 19 heavy (non-hydrogen) atoms. The zero-order chi connectivity index (χ0) is 13.9. The van der Waals surface area contributed by atoms with Crippen molar-refractivity contribution >= 4 is 11.0 Å². The van der Waals surface area contributed by atoms with Crippen LogP contribution in [0.1, 0.15) is 12.7 Å². The number of rotatable bonds is 6. The largest absolute Gasteiger partial charge is 0.458 e. The molecule has 0 aliphatic heterocycles. The second kappa shape index (κ2) is 5.69. The molecule has 0 saturated heterocycles. The fraction of sp³-hybridized carbons (Fsp3) is 0.429. The summed E-state index contributed by atoms with van der Waals surface area (Å²) < 4.78 is 23.6. The lowest BCUT2D eigenvalue weighted by Gasteiger charge is -2.21. The molecule has 1 atom stereocenters. The van der Waals surface area contributed by atoms with Crippen LogP contribution >= 0.6 is 0 Å². The van der Waals surface area contributed by atoms with Gasteiger partial charge in [0, 0.05) is 25.6 Å². The topological polar surface area (TPSA) is 54.6 Å². The molecule has 2 aromatic rings. The van der Waals surface area contributed by atoms with Crippen molar-refractivity contribution in [2.45, 2.75) is 12.5 Å². The predicted octanol–water partition coefficient (Wildman–Crippen LogP) is 2.02. The molecular weight excluding hydrogens is 249 g/mol. The molecular formula is C14H18FNO3. The molecule has 1 heterocycles. The van der Waals surface area contributed by atoms with Gasteiger partial charge in [-0.1, -0.05) is 0 Å². The number of benzene rings is 1. The van der Waals surface area contributed by atoms with Crippen LogP contribution in [0, 0.1) is 5.82 Å². The van der Waals surface area contributed by atoms with Crippen LogP contribution in [0.4, 0.5) is 4.39 Å². The Kier molecular flexibility index (Phi) is 4.19. The number of furan rings is 1. The van der Waals surface area contributed by atoms with E-state index in [0.717, 1.165) is 0 Å². The minimum Gasteiger partial charge on any atom is -0.458 e. The molecule has 0 bridgehead atoms. The number of hydrogen-bond acceptors (Lipinski definition) is 4. The summed E-state index contributed by atoms with van der Waals surface area (Å²) in [6.45, 7) is 3.20. The summed E-state index contributed by atoms with van der Waals surface area (Å²) in [6.07, 6.45) is 0. The third-order valence-corrected chi connectivity index (χ3v) is 2.96. The van der Waals surface area contributed by atoms with Gasteiger partial charge in [0.1, 0.15) is 22.8 Å². The van der Waals surface area contributed by atoms with Crippen molar-refractivity contribution in [3.63, 3.8) is 0 Å². The van der Waals surface area contributed by atoms with E-state index in [2.05, 4.69) is 5.32 Å². The number of methoxy groups -OCH3 is 1. The zero-order valence-corrected chi connectivity index (χ0v) is 11.1. The lowest BCUT2D eigenvalue weighted by atomic mass is 10.0. The van der Waals surface area contributed by atoms with Gasteiger partial charge < -0.3 is 19.6 Å². The fourth-order valence-corrected chi connectivity index (χ4v) is 1.87. The van der Waals surface area contributed by atoms with Crippen molar-refractivity contribution in [3.05, 3.63) is 35.8 Å². The Bertz CT molecular complexity index is 551. The minimum absolute atomic E-state index is 0.322. The first-order chi connectivity index (χ1) is 9.03. The summed E-state index contributed by atoms with van der Waals surface area (Å²) in [7, 11) is 1.62. The summed E-state index contributed by atoms with van der Waals surface area (Å²) in [5, 5.41) is 14.1. The smallest absolute Gasteiger partial charge is 0.137 e. The van der Waals surface area contributed by atoms with Crippen LogP contribution in [0.5, 0.6) is 0 Å². The Labute approximate surface area is 111 Å². The van der Waals surface area contributed by atoms with Gasteiger partial charge in [0.2, 0.25) is 0 Å². The highest BCUT2D eigenvalue weighted by Crippen LogP contribution is 2.28. The van der Waals surface area contributed by atoms with E-state index in [1.807, 2.05) is 0 Å². The molecule has 5 heteroatoms. The van der Waals surface area contributed by atoms with Crippen molar-refractivity contribution < 1.29 is 18.7 Å². The van der Waals surface area contributed by atoms with Gasteiger partial charge in [-0.25, -0.2) is 4.39 Å². The highest BCUT2D eigenvalue weighted by molar-refractivity contribution is 5.78. The van der Waals surface area contributed by atoms with Crippen LogP contribution in [0.15, 0.2) is 28.7 Å². The lowest BCUT2D eigenvalue weighted by Crippen LogP contribution is -2.36. The third-order valence-electron chi connectivity index (χ3n) is 2.96. The average Bonchev–Trinajstić information content (AvgIpc) is 2.78. The van der Waals surface area contributed by atoms with Gasteiger partial charge in [0.25, 0.3) is 0 Å². The van der Waals surface area contributed by atoms with Crippen molar-refractivity contribution in [2.75, 3.05) is 26.8 Å². The van der Waals surface area contributed by atoms with Gasteiger partial charge in [-0.15, -0.1) is 0 Å². The highest BCUT2D eigenvalue weighted by atomic mass is 19.1. The Morgan fingerprint density at radius 1 is 1.42 bits per heavy atom. The van der Waals surface area contributed by atoms with Crippen LogP contribution in [-0.2, 0) is 10.3 Å². The van der Waals surface area contributed by atoms with Crippen molar-refractivity contribution in [1.82, 2.24) is 5.32 Å². The average molecular weight is 267 g/mol. The molecule has 0 aliphatic carbocycles. The van der Waals surface area contributed by atoms with E-state index in [-0.39, 0.29) is 5.82 Å². The molecule has 0 saturated carbocycles. The maximum atomic E-state index is 13.1. The SMILES string of the molecule is COCCNCC(C)(O)c1cc2cc(F)ccc2o1. The van der Waals surface area contributed by atoms with E-state index in [1.54, 1.807) is 26.2 Å². The van der Waals surface area contributed by atoms with Crippen LogP contribution in [0.2, 0.25) is 0 Å². The first-order valence-electron chi connectivity index (χ1n) is 6.14. The first-order valence-corrected chi connectivity index (χ1v) is 6.14. The van der Waals surface area contributed by atoms with Gasteiger partial charge in [-0.05, 0) is 31.2 Å². The predicted molar refractivity (Wildman–Crippen MR) is 70.5 cm³/mol. The summed E-state index contributed by atoms with van der Waals surface area (Å²) >= 11 is 0. The van der Waals surface area contributed by atoms with Crippen LogP contribution < -0.4 is 5.32 Å². The van der Waals surface area contributed by atoms with E-state index >= 15 is 0 Å². The van der Waals surface area contributed by atoms with Gasteiger partial charge in [-0.2, -0.15) is 0 Å². The van der Waals surface area contributed by atoms with Crippen molar-refractivity contribution in [3.8, 4) is 0 Å². The molecule has 0 spiro atoms. The molecule has 1 aromatic carbocycles. The number of nitrogens with one attached hydrogen (secondary N) is 1. The molecule has 0 fully saturated rings. The number of aliphatic hydroxyl groups is 1. The van der Waals surface area contributed by atoms with Gasteiger partial charge in [0.15, 0.2) is 0 Å². The Balaban J connectivity index is 2.13. The van der Waals surface area contributed by atoms with Crippen LogP contribution in [0.25, 0.3) is 11.0 Å². The van der Waals surface area contributed by atoms with E-state index in [0.29, 0.717) is 36.4 Å². The standard InChI is InChI=1S/C14H18FNO3/c1-14(17,9-16-5-6-18-2)13-8-10-7-11(15)3-4-12(10)19-13/h3-4,7-8,16-17H,5-6,9H2,1-2H3. The summed E-state index contributed by atoms with van der Waals surface area (Å²) in [6, 6.07) is 5.94. The highest BCUT2D eigenvalue weighted by Gasteiger charge is 2.27. The van der Waals surface area contributed by atoms with E-state index < -0.39 is 5.60 Å². The Morgan fingerprint density at radius 2 is 2.21 bits per heavy atom. The van der Waals surface area contributed by atoms with Crippen LogP contribution in [-0.4, -0.2) is 31.9 Å². The van der Waals surface area contributed by atoms with Gasteiger partial charge in [-0.3, -0.25) is 0 Å². The molecule has 0 aliphatic rings. The lowest BCUT2D eigenvalue weighted by molar-refractivity contribution is 0.0344. The summed E-state index contributed by atoms with van der Waals surface area (Å²) in [4.78, 5) is 0. The monoisotopic (exact) mass is 267 g/mol. The molecule has 0 radical (unpaired) electrons. The van der Waals surface area contributed by atoms with Gasteiger partial charge >= 0.3 is 0 Å². The Morgan fingerprint density at radius 3 is 2.95 bits per heavy atom. The molecule has 1 unspecified atom stereocenters. The number of ether oxygens (including phenoxy) is 1. The summed E-state index contributed by atoms with van der Waals surface area (Å²) in [5.41, 5.74) is -0.586. The van der Waals surface area contributed by atoms with E-state index in [9.17, 15) is 9.50 Å². The molecule has 2 N–H and O–H groups in total. The first kappa shape index (κ1) is 14.0. The third kappa shape index (κ3) is 3.32. The molecule has 2 rings (SSSR count). The maximum Gasteiger partial charge on any atom is 0.137 e. The normalized spacial score (nSPS) is 14.7. The van der Waals surface area contributed by atoms with Crippen LogP contribution in [0.3, 0.4) is 0 Å². The number of fused-ring (bicyclic) bond motifs is 1. The van der Waals surface area contributed by atoms with E-state index in [4.69, 9.17) is 9.15 Å². The fourth-order valence-electron chi connectivity index (χ4n) is 1.87. The van der Waals surface area contributed by atoms with E-state index in [1.165, 1.54) is 12.1 Å². The second-order valence-electron chi connectivity index (χ2n) is 4.74. The number of hydrogen-bond donors (Lipinski definition) is 2. The number of halogens is 1. The molecule has 0 amide bonds. The van der Waals surface area contributed by atoms with Crippen molar-refractivity contribution in [2.24, 2.45) is 0 Å². The second-order valence-corrected chi connectivity index (χ2v) is 4.74.